The summed E-state index contributed by atoms with van der Waals surface area (Å²) < 4.78 is 6.53. The van der Waals surface area contributed by atoms with E-state index in [1.54, 1.807) is 11.8 Å². The molecule has 0 unspecified atom stereocenters. The second-order valence-corrected chi connectivity index (χ2v) is 2.91. The summed E-state index contributed by atoms with van der Waals surface area (Å²) in [7, 11) is 1.63. The zero-order valence-electron chi connectivity index (χ0n) is 6.80. The molecule has 7 heteroatoms. The summed E-state index contributed by atoms with van der Waals surface area (Å²) in [6, 6.07) is 0. The van der Waals surface area contributed by atoms with Crippen LogP contribution in [0, 0.1) is 0 Å². The van der Waals surface area contributed by atoms with Crippen LogP contribution in [0.2, 0.25) is 0 Å². The lowest BCUT2D eigenvalue weighted by Gasteiger charge is -2.00. The van der Waals surface area contributed by atoms with Gasteiger partial charge in [-0.2, -0.15) is 0 Å². The number of aromatic nitrogens is 4. The van der Waals surface area contributed by atoms with Crippen LogP contribution < -0.4 is 5.73 Å². The standard InChI is InChI=1S/C5H11N5OS/c1-11-4-12-5-7-8-9-10(5)3-2-6/h2-4,6H2,1H3. The highest BCUT2D eigenvalue weighted by molar-refractivity contribution is 7.99. The van der Waals surface area contributed by atoms with Crippen molar-refractivity contribution >= 4 is 11.8 Å². The molecular weight excluding hydrogens is 178 g/mol. The van der Waals surface area contributed by atoms with Gasteiger partial charge in [0.2, 0.25) is 5.16 Å². The number of nitrogens with two attached hydrogens (primary N) is 1. The monoisotopic (exact) mass is 189 g/mol. The SMILES string of the molecule is COCSc1nnnn1CCN. The number of hydrogen-bond donors (Lipinski definition) is 1. The van der Waals surface area contributed by atoms with Crippen molar-refractivity contribution in [2.45, 2.75) is 11.7 Å². The number of tetrazole rings is 1. The van der Waals surface area contributed by atoms with Crippen molar-refractivity contribution in [2.75, 3.05) is 19.6 Å². The van der Waals surface area contributed by atoms with Crippen molar-refractivity contribution in [3.05, 3.63) is 0 Å². The van der Waals surface area contributed by atoms with Gasteiger partial charge in [0.15, 0.2) is 0 Å². The van der Waals surface area contributed by atoms with Crippen molar-refractivity contribution < 1.29 is 4.74 Å². The van der Waals surface area contributed by atoms with Gasteiger partial charge in [0.1, 0.15) is 0 Å². The molecule has 0 aliphatic rings. The Morgan fingerprint density at radius 1 is 1.67 bits per heavy atom. The molecule has 1 aromatic rings. The second-order valence-electron chi connectivity index (χ2n) is 2.02. The van der Waals surface area contributed by atoms with E-state index in [2.05, 4.69) is 15.5 Å². The predicted octanol–water partition coefficient (Wildman–Crippen LogP) is -0.672. The fourth-order valence-electron chi connectivity index (χ4n) is 0.674. The lowest BCUT2D eigenvalue weighted by molar-refractivity contribution is 0.258. The van der Waals surface area contributed by atoms with Gasteiger partial charge >= 0.3 is 0 Å². The Bertz CT molecular complexity index is 227. The van der Waals surface area contributed by atoms with Crippen molar-refractivity contribution in [1.82, 2.24) is 20.2 Å². The minimum absolute atomic E-state index is 0.533. The maximum Gasteiger partial charge on any atom is 0.211 e. The Balaban J connectivity index is 2.51. The highest BCUT2D eigenvalue weighted by atomic mass is 32.2. The fraction of sp³-hybridized carbons (Fsp3) is 0.800. The Kier molecular flexibility index (Phi) is 3.98. The van der Waals surface area contributed by atoms with Crippen LogP contribution in [0.4, 0.5) is 0 Å². The molecule has 1 aromatic heterocycles. The van der Waals surface area contributed by atoms with E-state index in [0.717, 1.165) is 5.16 Å². The van der Waals surface area contributed by atoms with Crippen LogP contribution in [-0.4, -0.2) is 39.8 Å². The van der Waals surface area contributed by atoms with E-state index in [1.165, 1.54) is 11.8 Å². The largest absolute Gasteiger partial charge is 0.374 e. The molecule has 0 saturated carbocycles. The van der Waals surface area contributed by atoms with Gasteiger partial charge in [-0.1, -0.05) is 11.8 Å². The third kappa shape index (κ3) is 2.43. The Morgan fingerprint density at radius 3 is 3.17 bits per heavy atom. The molecular formula is C5H11N5OS. The molecule has 0 saturated heterocycles. The number of hydrogen-bond acceptors (Lipinski definition) is 6. The second kappa shape index (κ2) is 5.07. The lowest BCUT2D eigenvalue weighted by atomic mass is 10.7. The first-order valence-corrected chi connectivity index (χ1v) is 4.45. The number of rotatable bonds is 5. The van der Waals surface area contributed by atoms with Gasteiger partial charge in [-0.15, -0.1) is 5.10 Å². The van der Waals surface area contributed by atoms with E-state index in [1.807, 2.05) is 0 Å². The lowest BCUT2D eigenvalue weighted by Crippen LogP contribution is -2.12. The first-order valence-electron chi connectivity index (χ1n) is 3.46. The molecule has 0 spiro atoms. The first-order chi connectivity index (χ1) is 5.88. The molecule has 0 aliphatic carbocycles. The minimum Gasteiger partial charge on any atom is -0.374 e. The van der Waals surface area contributed by atoms with Gasteiger partial charge in [-0.25, -0.2) is 4.68 Å². The van der Waals surface area contributed by atoms with Gasteiger partial charge in [0.25, 0.3) is 0 Å². The highest BCUT2D eigenvalue weighted by Crippen LogP contribution is 2.12. The number of ether oxygens (including phenoxy) is 1. The van der Waals surface area contributed by atoms with Crippen molar-refractivity contribution in [1.29, 1.82) is 0 Å². The van der Waals surface area contributed by atoms with Crippen LogP contribution in [0.15, 0.2) is 5.16 Å². The quantitative estimate of drug-likeness (QED) is 0.489. The fourth-order valence-corrected chi connectivity index (χ4v) is 1.27. The first kappa shape index (κ1) is 9.43. The summed E-state index contributed by atoms with van der Waals surface area (Å²) in [5.41, 5.74) is 5.36. The Labute approximate surface area is 74.5 Å². The molecule has 6 nitrogen and oxygen atoms in total. The highest BCUT2D eigenvalue weighted by Gasteiger charge is 2.04. The Hall–Kier alpha value is -0.660. The molecule has 2 N–H and O–H groups in total. The van der Waals surface area contributed by atoms with Crippen LogP contribution >= 0.6 is 11.8 Å². The third-order valence-electron chi connectivity index (χ3n) is 1.15. The van der Waals surface area contributed by atoms with Gasteiger partial charge in [0.05, 0.1) is 12.5 Å². The summed E-state index contributed by atoms with van der Waals surface area (Å²) in [4.78, 5) is 0. The van der Waals surface area contributed by atoms with E-state index < -0.39 is 0 Å². The molecule has 0 atom stereocenters. The van der Waals surface area contributed by atoms with E-state index >= 15 is 0 Å². The summed E-state index contributed by atoms with van der Waals surface area (Å²) >= 11 is 1.44. The average molecular weight is 189 g/mol. The smallest absolute Gasteiger partial charge is 0.211 e. The predicted molar refractivity (Wildman–Crippen MR) is 44.6 cm³/mol. The van der Waals surface area contributed by atoms with E-state index in [4.69, 9.17) is 10.5 Å². The van der Waals surface area contributed by atoms with E-state index in [9.17, 15) is 0 Å². The van der Waals surface area contributed by atoms with Crippen LogP contribution in [-0.2, 0) is 11.3 Å². The van der Waals surface area contributed by atoms with Crippen LogP contribution in [0.3, 0.4) is 0 Å². The normalized spacial score (nSPS) is 10.5. The maximum absolute atomic E-state index is 5.36. The van der Waals surface area contributed by atoms with E-state index in [-0.39, 0.29) is 0 Å². The van der Waals surface area contributed by atoms with Crippen molar-refractivity contribution in [3.63, 3.8) is 0 Å². The molecule has 0 aliphatic heterocycles. The van der Waals surface area contributed by atoms with E-state index in [0.29, 0.717) is 19.0 Å². The number of nitrogens with zero attached hydrogens (tertiary/aromatic N) is 4. The molecule has 1 rings (SSSR count). The molecule has 68 valence electrons. The molecule has 0 aromatic carbocycles. The third-order valence-corrected chi connectivity index (χ3v) is 2.05. The molecule has 0 radical (unpaired) electrons. The summed E-state index contributed by atoms with van der Waals surface area (Å²) in [6.45, 7) is 1.17. The molecule has 0 amide bonds. The van der Waals surface area contributed by atoms with Crippen molar-refractivity contribution in [3.8, 4) is 0 Å². The molecule has 0 fully saturated rings. The molecule has 12 heavy (non-hydrogen) atoms. The van der Waals surface area contributed by atoms with Crippen molar-refractivity contribution in [2.24, 2.45) is 5.73 Å². The molecule has 1 heterocycles. The summed E-state index contributed by atoms with van der Waals surface area (Å²) in [5.74, 6) is 0.547. The number of methoxy groups -OCH3 is 1. The van der Waals surface area contributed by atoms with Gasteiger partial charge in [-0.05, 0) is 10.4 Å². The average Bonchev–Trinajstić information content (AvgIpc) is 2.50. The Morgan fingerprint density at radius 2 is 2.50 bits per heavy atom. The summed E-state index contributed by atoms with van der Waals surface area (Å²) in [6.07, 6.45) is 0. The van der Waals surface area contributed by atoms with Gasteiger partial charge in [-0.3, -0.25) is 0 Å². The minimum atomic E-state index is 0.533. The van der Waals surface area contributed by atoms with Gasteiger partial charge < -0.3 is 10.5 Å². The zero-order valence-corrected chi connectivity index (χ0v) is 7.62. The number of thioether (sulfide) groups is 1. The maximum atomic E-state index is 5.36. The van der Waals surface area contributed by atoms with Crippen LogP contribution in [0.25, 0.3) is 0 Å². The zero-order chi connectivity index (χ0) is 8.81. The summed E-state index contributed by atoms with van der Waals surface area (Å²) in [5, 5.41) is 11.8. The van der Waals surface area contributed by atoms with Crippen LogP contribution in [0.5, 0.6) is 0 Å². The molecule has 0 bridgehead atoms. The van der Waals surface area contributed by atoms with Gasteiger partial charge in [0, 0.05) is 13.7 Å². The van der Waals surface area contributed by atoms with Crippen LogP contribution in [0.1, 0.15) is 0 Å². The topological polar surface area (TPSA) is 78.9 Å².